The number of amides is 1. The van der Waals surface area contributed by atoms with Gasteiger partial charge in [-0.2, -0.15) is 0 Å². The first-order valence-electron chi connectivity index (χ1n) is 6.17. The number of ether oxygens (including phenoxy) is 1. The van der Waals surface area contributed by atoms with Crippen LogP contribution in [0.1, 0.15) is 18.9 Å². The zero-order chi connectivity index (χ0) is 14.3. The second kappa shape index (κ2) is 7.94. The van der Waals surface area contributed by atoms with Gasteiger partial charge < -0.3 is 9.64 Å². The SMILES string of the molecule is CCOC(=O)CC(=O)N(C)CCc1ccccc1Br. The second-order valence-electron chi connectivity index (χ2n) is 4.14. The molecule has 19 heavy (non-hydrogen) atoms. The molecule has 0 aliphatic rings. The van der Waals surface area contributed by atoms with Crippen molar-refractivity contribution >= 4 is 27.8 Å². The van der Waals surface area contributed by atoms with E-state index in [-0.39, 0.29) is 12.3 Å². The van der Waals surface area contributed by atoms with Gasteiger partial charge in [0.1, 0.15) is 6.42 Å². The van der Waals surface area contributed by atoms with Crippen LogP contribution in [0.5, 0.6) is 0 Å². The molecule has 1 aromatic rings. The summed E-state index contributed by atoms with van der Waals surface area (Å²) in [6, 6.07) is 7.88. The third kappa shape index (κ3) is 5.42. The lowest BCUT2D eigenvalue weighted by Gasteiger charge is -2.17. The third-order valence-corrected chi connectivity index (χ3v) is 3.47. The molecule has 0 aliphatic heterocycles. The molecule has 0 atom stereocenters. The van der Waals surface area contributed by atoms with Gasteiger partial charge in [-0.05, 0) is 25.0 Å². The fourth-order valence-corrected chi connectivity index (χ4v) is 2.07. The molecule has 5 heteroatoms. The Bertz CT molecular complexity index is 448. The van der Waals surface area contributed by atoms with E-state index < -0.39 is 5.97 Å². The van der Waals surface area contributed by atoms with Gasteiger partial charge in [0.2, 0.25) is 5.91 Å². The van der Waals surface area contributed by atoms with E-state index in [4.69, 9.17) is 4.74 Å². The number of likely N-dealkylation sites (N-methyl/N-ethyl adjacent to an activating group) is 1. The highest BCUT2D eigenvalue weighted by atomic mass is 79.9. The third-order valence-electron chi connectivity index (χ3n) is 2.70. The normalized spacial score (nSPS) is 10.1. The molecule has 0 aliphatic carbocycles. The van der Waals surface area contributed by atoms with Gasteiger partial charge in [0.25, 0.3) is 0 Å². The van der Waals surface area contributed by atoms with E-state index >= 15 is 0 Å². The van der Waals surface area contributed by atoms with Crippen LogP contribution in [0, 0.1) is 0 Å². The van der Waals surface area contributed by atoms with Crippen molar-refractivity contribution in [3.8, 4) is 0 Å². The fourth-order valence-electron chi connectivity index (χ4n) is 1.58. The molecule has 0 saturated heterocycles. The first-order valence-corrected chi connectivity index (χ1v) is 6.97. The molecule has 1 rings (SSSR count). The maximum atomic E-state index is 11.7. The summed E-state index contributed by atoms with van der Waals surface area (Å²) >= 11 is 3.47. The summed E-state index contributed by atoms with van der Waals surface area (Å²) in [5.41, 5.74) is 1.14. The fraction of sp³-hybridized carbons (Fsp3) is 0.429. The molecule has 1 aromatic carbocycles. The maximum absolute atomic E-state index is 11.7. The number of rotatable bonds is 6. The van der Waals surface area contributed by atoms with Gasteiger partial charge in [0, 0.05) is 18.1 Å². The highest BCUT2D eigenvalue weighted by Crippen LogP contribution is 2.16. The van der Waals surface area contributed by atoms with Crippen molar-refractivity contribution in [3.63, 3.8) is 0 Å². The van der Waals surface area contributed by atoms with Gasteiger partial charge in [-0.3, -0.25) is 9.59 Å². The van der Waals surface area contributed by atoms with Crippen molar-refractivity contribution in [2.45, 2.75) is 19.8 Å². The van der Waals surface area contributed by atoms with Gasteiger partial charge in [0.05, 0.1) is 6.61 Å². The molecule has 0 radical (unpaired) electrons. The van der Waals surface area contributed by atoms with Crippen LogP contribution in [0.25, 0.3) is 0 Å². The summed E-state index contributed by atoms with van der Waals surface area (Å²) in [4.78, 5) is 24.5. The van der Waals surface area contributed by atoms with Crippen molar-refractivity contribution in [2.75, 3.05) is 20.2 Å². The number of benzene rings is 1. The van der Waals surface area contributed by atoms with E-state index in [0.29, 0.717) is 13.2 Å². The highest BCUT2D eigenvalue weighted by Gasteiger charge is 2.14. The molecule has 0 heterocycles. The summed E-state index contributed by atoms with van der Waals surface area (Å²) in [5, 5.41) is 0. The summed E-state index contributed by atoms with van der Waals surface area (Å²) in [6.07, 6.45) is 0.548. The lowest BCUT2D eigenvalue weighted by molar-refractivity contribution is -0.148. The number of nitrogens with zero attached hydrogens (tertiary/aromatic N) is 1. The minimum Gasteiger partial charge on any atom is -0.466 e. The highest BCUT2D eigenvalue weighted by molar-refractivity contribution is 9.10. The number of halogens is 1. The monoisotopic (exact) mass is 327 g/mol. The topological polar surface area (TPSA) is 46.6 Å². The minimum atomic E-state index is -0.472. The predicted octanol–water partition coefficient (Wildman–Crippen LogP) is 2.40. The number of esters is 1. The van der Waals surface area contributed by atoms with Gasteiger partial charge >= 0.3 is 5.97 Å². The van der Waals surface area contributed by atoms with Crippen LogP contribution in [-0.4, -0.2) is 37.0 Å². The van der Waals surface area contributed by atoms with Crippen molar-refractivity contribution in [1.82, 2.24) is 4.90 Å². The smallest absolute Gasteiger partial charge is 0.315 e. The van der Waals surface area contributed by atoms with E-state index in [9.17, 15) is 9.59 Å². The standard InChI is InChI=1S/C14H18BrNO3/c1-3-19-14(18)10-13(17)16(2)9-8-11-6-4-5-7-12(11)15/h4-7H,3,8-10H2,1-2H3. The number of hydrogen-bond donors (Lipinski definition) is 0. The molecular formula is C14H18BrNO3. The van der Waals surface area contributed by atoms with Crippen molar-refractivity contribution < 1.29 is 14.3 Å². The van der Waals surface area contributed by atoms with Gasteiger partial charge in [-0.25, -0.2) is 0 Å². The van der Waals surface area contributed by atoms with E-state index in [1.54, 1.807) is 18.9 Å². The summed E-state index contributed by atoms with van der Waals surface area (Å²) in [6.45, 7) is 2.59. The lowest BCUT2D eigenvalue weighted by Crippen LogP contribution is -2.31. The lowest BCUT2D eigenvalue weighted by atomic mass is 10.1. The Kier molecular flexibility index (Phi) is 6.56. The quantitative estimate of drug-likeness (QED) is 0.595. The van der Waals surface area contributed by atoms with Gasteiger partial charge in [0.15, 0.2) is 0 Å². The molecule has 0 spiro atoms. The molecule has 1 amide bonds. The molecule has 104 valence electrons. The molecule has 0 bridgehead atoms. The van der Waals surface area contributed by atoms with Gasteiger partial charge in [-0.1, -0.05) is 34.1 Å². The number of carbonyl (C=O) groups is 2. The largest absolute Gasteiger partial charge is 0.466 e. The van der Waals surface area contributed by atoms with E-state index in [1.807, 2.05) is 24.3 Å². The summed E-state index contributed by atoms with van der Waals surface area (Å²) < 4.78 is 5.78. The molecule has 0 fully saturated rings. The molecule has 0 unspecified atom stereocenters. The van der Waals surface area contributed by atoms with E-state index in [2.05, 4.69) is 15.9 Å². The Morgan fingerprint density at radius 3 is 2.63 bits per heavy atom. The summed E-state index contributed by atoms with van der Waals surface area (Å²) in [5.74, 6) is -0.689. The summed E-state index contributed by atoms with van der Waals surface area (Å²) in [7, 11) is 1.69. The predicted molar refractivity (Wildman–Crippen MR) is 76.7 cm³/mol. The van der Waals surface area contributed by atoms with Crippen LogP contribution in [0.2, 0.25) is 0 Å². The van der Waals surface area contributed by atoms with Crippen molar-refractivity contribution in [1.29, 1.82) is 0 Å². The first-order chi connectivity index (χ1) is 9.04. The number of carbonyl (C=O) groups excluding carboxylic acids is 2. The molecule has 0 N–H and O–H groups in total. The molecule has 4 nitrogen and oxygen atoms in total. The maximum Gasteiger partial charge on any atom is 0.315 e. The van der Waals surface area contributed by atoms with Crippen LogP contribution in [0.4, 0.5) is 0 Å². The van der Waals surface area contributed by atoms with Gasteiger partial charge in [-0.15, -0.1) is 0 Å². The second-order valence-corrected chi connectivity index (χ2v) is 4.99. The van der Waals surface area contributed by atoms with Crippen molar-refractivity contribution in [2.24, 2.45) is 0 Å². The Hall–Kier alpha value is -1.36. The van der Waals surface area contributed by atoms with Crippen molar-refractivity contribution in [3.05, 3.63) is 34.3 Å². The molecular weight excluding hydrogens is 310 g/mol. The zero-order valence-corrected chi connectivity index (χ0v) is 12.8. The zero-order valence-electron chi connectivity index (χ0n) is 11.2. The van der Waals surface area contributed by atoms with Crippen LogP contribution < -0.4 is 0 Å². The Morgan fingerprint density at radius 2 is 2.00 bits per heavy atom. The average molecular weight is 328 g/mol. The van der Waals surface area contributed by atoms with E-state index in [0.717, 1.165) is 16.5 Å². The minimum absolute atomic E-state index is 0.194. The number of hydrogen-bond acceptors (Lipinski definition) is 3. The van der Waals surface area contributed by atoms with Crippen LogP contribution in [0.3, 0.4) is 0 Å². The average Bonchev–Trinajstić information content (AvgIpc) is 2.37. The first kappa shape index (κ1) is 15.7. The van der Waals surface area contributed by atoms with Crippen LogP contribution in [-0.2, 0) is 20.7 Å². The molecule has 0 aromatic heterocycles. The molecule has 0 saturated carbocycles. The van der Waals surface area contributed by atoms with Crippen LogP contribution in [0.15, 0.2) is 28.7 Å². The van der Waals surface area contributed by atoms with E-state index in [1.165, 1.54) is 0 Å². The van der Waals surface area contributed by atoms with Crippen LogP contribution >= 0.6 is 15.9 Å². The Balaban J connectivity index is 2.43. The Morgan fingerprint density at radius 1 is 1.32 bits per heavy atom. The Labute approximate surface area is 121 Å².